The molecule has 11 nitrogen and oxygen atoms in total. The number of rotatable bonds is 10. The van der Waals surface area contributed by atoms with Crippen LogP contribution < -0.4 is 20.1 Å². The second kappa shape index (κ2) is 11.1. The Morgan fingerprint density at radius 2 is 1.92 bits per heavy atom. The second-order valence-electron chi connectivity index (χ2n) is 9.74. The van der Waals surface area contributed by atoms with Gasteiger partial charge in [-0.05, 0) is 34.1 Å². The number of hydrogen-bond donors (Lipinski definition) is 5. The summed E-state index contributed by atoms with van der Waals surface area (Å²) in [6, 6.07) is 1.42. The third-order valence-corrected chi connectivity index (χ3v) is 6.62. The Morgan fingerprint density at radius 3 is 2.58 bits per heavy atom. The van der Waals surface area contributed by atoms with Gasteiger partial charge in [-0.2, -0.15) is 4.98 Å². The summed E-state index contributed by atoms with van der Waals surface area (Å²) in [5.74, 6) is 1.80. The minimum absolute atomic E-state index is 0.00797. The smallest absolute Gasteiger partial charge is 0.224 e. The van der Waals surface area contributed by atoms with Crippen LogP contribution in [0.1, 0.15) is 48.9 Å². The van der Waals surface area contributed by atoms with Crippen LogP contribution in [0.3, 0.4) is 0 Å². The minimum Gasteiger partial charge on any atom is -0.483 e. The van der Waals surface area contributed by atoms with Gasteiger partial charge in [-0.1, -0.05) is 0 Å². The summed E-state index contributed by atoms with van der Waals surface area (Å²) >= 11 is 0. The van der Waals surface area contributed by atoms with Crippen molar-refractivity contribution in [2.45, 2.75) is 71.0 Å². The molecule has 1 saturated carbocycles. The lowest BCUT2D eigenvalue weighted by Gasteiger charge is -2.24. The number of nitrogens with one attached hydrogen (secondary N) is 2. The average Bonchev–Trinajstić information content (AvgIpc) is 3.35. The highest BCUT2D eigenvalue weighted by atomic mass is 16.5. The number of aliphatic hydroxyl groups excluding tert-OH is 3. The van der Waals surface area contributed by atoms with Crippen molar-refractivity contribution < 1.29 is 29.5 Å². The van der Waals surface area contributed by atoms with Crippen LogP contribution in [0, 0.1) is 19.8 Å². The quantitative estimate of drug-likeness (QED) is 0.300. The Balaban J connectivity index is 1.65. The van der Waals surface area contributed by atoms with Gasteiger partial charge in [0.25, 0.3) is 0 Å². The molecule has 5 atom stereocenters. The molecule has 1 aliphatic carbocycles. The standard InChI is InChI=1S/C25H37N5O6/c1-12(2)35-19-10-15-9-18(36-23(15)14(4)27-19)20-13(3)28-25(26-6-7-34-5)30-24(20)29-17-8-16(11-31)21(32)22(17)33/h10,12,16-18,21-22,31-33H,6-9,11H2,1-5H3,(H2,26,28,29,30). The molecule has 0 saturated heterocycles. The van der Waals surface area contributed by atoms with Gasteiger partial charge in [0, 0.05) is 44.2 Å². The number of aliphatic hydroxyl groups is 3. The molecule has 1 aliphatic heterocycles. The van der Waals surface area contributed by atoms with Crippen LogP contribution in [-0.4, -0.2) is 81.5 Å². The number of ether oxygens (including phenoxy) is 3. The van der Waals surface area contributed by atoms with Gasteiger partial charge in [0.1, 0.15) is 23.8 Å². The van der Waals surface area contributed by atoms with Crippen molar-refractivity contribution in [3.05, 3.63) is 28.6 Å². The number of aryl methyl sites for hydroxylation is 2. The van der Waals surface area contributed by atoms with Crippen LogP contribution in [0.2, 0.25) is 0 Å². The average molecular weight is 504 g/mol. The van der Waals surface area contributed by atoms with Gasteiger partial charge in [0.05, 0.1) is 41.8 Å². The number of hydrogen-bond acceptors (Lipinski definition) is 11. The Morgan fingerprint density at radius 1 is 1.14 bits per heavy atom. The van der Waals surface area contributed by atoms with Crippen LogP contribution in [0.4, 0.5) is 11.8 Å². The van der Waals surface area contributed by atoms with Crippen LogP contribution in [0.15, 0.2) is 6.07 Å². The van der Waals surface area contributed by atoms with Crippen LogP contribution >= 0.6 is 0 Å². The van der Waals surface area contributed by atoms with E-state index in [1.54, 1.807) is 7.11 Å². The number of pyridine rings is 1. The molecule has 0 radical (unpaired) electrons. The number of aromatic nitrogens is 3. The second-order valence-corrected chi connectivity index (χ2v) is 9.74. The molecule has 2 aromatic rings. The molecule has 11 heteroatoms. The fraction of sp³-hybridized carbons (Fsp3) is 0.640. The van der Waals surface area contributed by atoms with Gasteiger partial charge < -0.3 is 40.2 Å². The highest BCUT2D eigenvalue weighted by Gasteiger charge is 2.42. The van der Waals surface area contributed by atoms with Crippen LogP contribution in [0.5, 0.6) is 11.6 Å². The predicted octanol–water partition coefficient (Wildman–Crippen LogP) is 1.52. The first kappa shape index (κ1) is 26.3. The van der Waals surface area contributed by atoms with E-state index in [2.05, 4.69) is 20.6 Å². The zero-order valence-electron chi connectivity index (χ0n) is 21.5. The van der Waals surface area contributed by atoms with E-state index in [0.717, 1.165) is 28.3 Å². The van der Waals surface area contributed by atoms with Gasteiger partial charge in [-0.25, -0.2) is 9.97 Å². The highest BCUT2D eigenvalue weighted by Crippen LogP contribution is 2.43. The van der Waals surface area contributed by atoms with E-state index in [9.17, 15) is 15.3 Å². The molecule has 2 aliphatic rings. The summed E-state index contributed by atoms with van der Waals surface area (Å²) in [7, 11) is 1.62. The SMILES string of the molecule is COCCNc1nc(C)c(C2Cc3cc(OC(C)C)nc(C)c3O2)c(NC2CC(CO)C(O)C2O)n1. The molecule has 1 fully saturated rings. The molecule has 5 N–H and O–H groups in total. The molecule has 0 amide bonds. The molecule has 5 unspecified atom stereocenters. The molecule has 4 rings (SSSR count). The highest BCUT2D eigenvalue weighted by molar-refractivity contribution is 5.55. The van der Waals surface area contributed by atoms with Crippen molar-refractivity contribution in [1.82, 2.24) is 15.0 Å². The molecule has 36 heavy (non-hydrogen) atoms. The molecular formula is C25H37N5O6. The third kappa shape index (κ3) is 5.49. The summed E-state index contributed by atoms with van der Waals surface area (Å²) in [5.41, 5.74) is 3.23. The van der Waals surface area contributed by atoms with Gasteiger partial charge >= 0.3 is 0 Å². The number of nitrogens with zero attached hydrogens (tertiary/aromatic N) is 3. The predicted molar refractivity (Wildman–Crippen MR) is 134 cm³/mol. The summed E-state index contributed by atoms with van der Waals surface area (Å²) in [6.45, 7) is 8.52. The molecule has 198 valence electrons. The van der Waals surface area contributed by atoms with E-state index < -0.39 is 24.2 Å². The van der Waals surface area contributed by atoms with Crippen molar-refractivity contribution in [2.75, 3.05) is 37.5 Å². The largest absolute Gasteiger partial charge is 0.483 e. The van der Waals surface area contributed by atoms with Gasteiger partial charge in [-0.15, -0.1) is 0 Å². The van der Waals surface area contributed by atoms with E-state index in [1.165, 1.54) is 0 Å². The van der Waals surface area contributed by atoms with Crippen molar-refractivity contribution in [2.24, 2.45) is 5.92 Å². The third-order valence-electron chi connectivity index (χ3n) is 6.62. The first-order chi connectivity index (χ1) is 17.2. The first-order valence-corrected chi connectivity index (χ1v) is 12.4. The van der Waals surface area contributed by atoms with E-state index in [0.29, 0.717) is 43.6 Å². The van der Waals surface area contributed by atoms with Crippen molar-refractivity contribution in [1.29, 1.82) is 0 Å². The minimum atomic E-state index is -1.04. The monoisotopic (exact) mass is 503 g/mol. The first-order valence-electron chi connectivity index (χ1n) is 12.4. The summed E-state index contributed by atoms with van der Waals surface area (Å²) in [6.07, 6.45) is -1.44. The number of anilines is 2. The van der Waals surface area contributed by atoms with Crippen LogP contribution in [0.25, 0.3) is 0 Å². The van der Waals surface area contributed by atoms with Crippen molar-refractivity contribution >= 4 is 11.8 Å². The summed E-state index contributed by atoms with van der Waals surface area (Å²) < 4.78 is 17.3. The Bertz CT molecular complexity index is 1070. The van der Waals surface area contributed by atoms with E-state index in [-0.39, 0.29) is 18.8 Å². The van der Waals surface area contributed by atoms with Crippen molar-refractivity contribution in [3.8, 4) is 11.6 Å². The van der Waals surface area contributed by atoms with E-state index in [1.807, 2.05) is 33.8 Å². The Hall–Kier alpha value is -2.73. The van der Waals surface area contributed by atoms with Gasteiger partial charge in [0.2, 0.25) is 11.8 Å². The molecule has 3 heterocycles. The fourth-order valence-corrected chi connectivity index (χ4v) is 4.90. The van der Waals surface area contributed by atoms with E-state index in [4.69, 9.17) is 19.2 Å². The van der Waals surface area contributed by atoms with Crippen LogP contribution in [-0.2, 0) is 11.2 Å². The fourth-order valence-electron chi connectivity index (χ4n) is 4.90. The molecular weight excluding hydrogens is 466 g/mol. The number of methoxy groups -OCH3 is 1. The lowest BCUT2D eigenvalue weighted by Crippen LogP contribution is -2.36. The maximum absolute atomic E-state index is 10.6. The zero-order chi connectivity index (χ0) is 26.0. The van der Waals surface area contributed by atoms with Gasteiger partial charge in [0.15, 0.2) is 0 Å². The van der Waals surface area contributed by atoms with Gasteiger partial charge in [-0.3, -0.25) is 0 Å². The molecule has 0 spiro atoms. The topological polar surface area (TPSA) is 151 Å². The van der Waals surface area contributed by atoms with Crippen molar-refractivity contribution in [3.63, 3.8) is 0 Å². The zero-order valence-corrected chi connectivity index (χ0v) is 21.5. The lowest BCUT2D eigenvalue weighted by molar-refractivity contribution is 0.00444. The maximum Gasteiger partial charge on any atom is 0.224 e. The lowest BCUT2D eigenvalue weighted by atomic mass is 10.0. The normalized spacial score (nSPS) is 25.1. The van der Waals surface area contributed by atoms with E-state index >= 15 is 0 Å². The number of fused-ring (bicyclic) bond motifs is 1. The summed E-state index contributed by atoms with van der Waals surface area (Å²) in [5, 5.41) is 37.0. The Labute approximate surface area is 211 Å². The summed E-state index contributed by atoms with van der Waals surface area (Å²) in [4.78, 5) is 13.9. The Kier molecular flexibility index (Phi) is 8.13. The molecule has 0 bridgehead atoms. The molecule has 2 aromatic heterocycles. The maximum atomic E-state index is 10.6. The molecule has 0 aromatic carbocycles.